The molecule has 1 saturated heterocycles. The summed E-state index contributed by atoms with van der Waals surface area (Å²) in [5.41, 5.74) is 0.889. The number of nitrogens with zero attached hydrogens (tertiary/aromatic N) is 2. The zero-order valence-electron chi connectivity index (χ0n) is 18.8. The first-order valence-corrected chi connectivity index (χ1v) is 10.4. The quantitative estimate of drug-likeness (QED) is 0.510. The molecule has 1 aromatic rings. The highest BCUT2D eigenvalue weighted by atomic mass is 16.7. The van der Waals surface area contributed by atoms with Crippen LogP contribution in [0.15, 0.2) is 24.3 Å². The molecular weight excluding hydrogens is 386 g/mol. The summed E-state index contributed by atoms with van der Waals surface area (Å²) in [5, 5.41) is 4.66. The van der Waals surface area contributed by atoms with Gasteiger partial charge < -0.3 is 19.7 Å². The lowest BCUT2D eigenvalue weighted by atomic mass is 9.97. The minimum absolute atomic E-state index is 0.170. The number of nitrogens with one attached hydrogen (secondary N) is 1. The lowest BCUT2D eigenvalue weighted by molar-refractivity contribution is -0.130. The molecule has 0 aliphatic carbocycles. The summed E-state index contributed by atoms with van der Waals surface area (Å²) in [7, 11) is 3.15. The van der Waals surface area contributed by atoms with Gasteiger partial charge in [0.15, 0.2) is 0 Å². The molecule has 8 nitrogen and oxygen atoms in total. The number of ether oxygens (including phenoxy) is 2. The zero-order chi connectivity index (χ0) is 22.1. The molecule has 30 heavy (non-hydrogen) atoms. The molecule has 1 atom stereocenters. The fraction of sp³-hybridized carbons (Fsp3) is 0.636. The van der Waals surface area contributed by atoms with E-state index in [-0.39, 0.29) is 17.9 Å². The highest BCUT2D eigenvalue weighted by molar-refractivity contribution is 5.96. The maximum absolute atomic E-state index is 13.3. The van der Waals surface area contributed by atoms with Gasteiger partial charge in [-0.1, -0.05) is 12.1 Å². The van der Waals surface area contributed by atoms with Gasteiger partial charge in [-0.15, -0.1) is 0 Å². The molecule has 1 unspecified atom stereocenters. The van der Waals surface area contributed by atoms with Gasteiger partial charge in [-0.05, 0) is 52.2 Å². The first kappa shape index (κ1) is 24.0. The van der Waals surface area contributed by atoms with E-state index in [0.717, 1.165) is 18.5 Å². The smallest absolute Gasteiger partial charge is 0.410 e. The number of amides is 2. The van der Waals surface area contributed by atoms with Gasteiger partial charge in [0.25, 0.3) is 5.91 Å². The van der Waals surface area contributed by atoms with Crippen LogP contribution in [0.5, 0.6) is 0 Å². The number of para-hydroxylation sites is 2. The van der Waals surface area contributed by atoms with Crippen molar-refractivity contribution in [2.45, 2.75) is 45.6 Å². The molecule has 8 heteroatoms. The van der Waals surface area contributed by atoms with Crippen molar-refractivity contribution in [3.8, 4) is 0 Å². The van der Waals surface area contributed by atoms with Crippen LogP contribution in [0.25, 0.3) is 0 Å². The van der Waals surface area contributed by atoms with Crippen molar-refractivity contribution in [3.05, 3.63) is 24.3 Å². The van der Waals surface area contributed by atoms with Crippen LogP contribution in [0.3, 0.4) is 0 Å². The van der Waals surface area contributed by atoms with Gasteiger partial charge in [-0.3, -0.25) is 9.63 Å². The Hall–Kier alpha value is -2.32. The molecule has 1 aromatic carbocycles. The normalized spacial score (nSPS) is 16.8. The topological polar surface area (TPSA) is 80.3 Å². The maximum Gasteiger partial charge on any atom is 0.410 e. The average molecular weight is 422 g/mol. The molecule has 0 spiro atoms. The number of carbonyl (C=O) groups excluding carboxylic acids is 2. The molecule has 1 fully saturated rings. The minimum Gasteiger partial charge on any atom is -0.444 e. The summed E-state index contributed by atoms with van der Waals surface area (Å²) in [5.74, 6) is -0.523. The van der Waals surface area contributed by atoms with Gasteiger partial charge in [0, 0.05) is 33.4 Å². The average Bonchev–Trinajstić information content (AvgIpc) is 2.71. The number of hydrogen-bond donors (Lipinski definition) is 1. The number of carbonyl (C=O) groups is 2. The summed E-state index contributed by atoms with van der Waals surface area (Å²) in [6.45, 7) is 7.78. The molecule has 168 valence electrons. The van der Waals surface area contributed by atoms with Crippen LogP contribution in [0, 0.1) is 5.92 Å². The zero-order valence-corrected chi connectivity index (χ0v) is 18.8. The second-order valence-electron chi connectivity index (χ2n) is 8.37. The highest BCUT2D eigenvalue weighted by Crippen LogP contribution is 2.29. The number of rotatable bonds is 8. The van der Waals surface area contributed by atoms with Crippen molar-refractivity contribution in [1.29, 1.82) is 0 Å². The largest absolute Gasteiger partial charge is 0.444 e. The minimum atomic E-state index is -0.569. The number of anilines is 2. The van der Waals surface area contributed by atoms with Gasteiger partial charge >= 0.3 is 6.09 Å². The number of hydrogen-bond acceptors (Lipinski definition) is 6. The van der Waals surface area contributed by atoms with Crippen molar-refractivity contribution < 1.29 is 23.9 Å². The molecular formula is C22H35N3O5. The van der Waals surface area contributed by atoms with Gasteiger partial charge in [-0.2, -0.15) is 5.06 Å². The van der Waals surface area contributed by atoms with Crippen LogP contribution in [0.2, 0.25) is 0 Å². The fourth-order valence-corrected chi connectivity index (χ4v) is 3.38. The van der Waals surface area contributed by atoms with E-state index in [1.807, 2.05) is 45.0 Å². The molecule has 0 radical (unpaired) electrons. The molecule has 1 aliphatic heterocycles. The van der Waals surface area contributed by atoms with Crippen LogP contribution in [0.4, 0.5) is 16.2 Å². The first-order chi connectivity index (χ1) is 14.3. The maximum atomic E-state index is 13.3. The molecule has 1 N–H and O–H groups in total. The van der Waals surface area contributed by atoms with E-state index in [0.29, 0.717) is 38.3 Å². The lowest BCUT2D eigenvalue weighted by Crippen LogP contribution is -2.48. The van der Waals surface area contributed by atoms with Crippen molar-refractivity contribution in [2.75, 3.05) is 50.8 Å². The van der Waals surface area contributed by atoms with Gasteiger partial charge in [0.2, 0.25) is 0 Å². The molecule has 0 saturated carbocycles. The third kappa shape index (κ3) is 6.88. The first-order valence-electron chi connectivity index (χ1n) is 10.4. The predicted octanol–water partition coefficient (Wildman–Crippen LogP) is 3.68. The summed E-state index contributed by atoms with van der Waals surface area (Å²) >= 11 is 0. The molecule has 2 rings (SSSR count). The highest BCUT2D eigenvalue weighted by Gasteiger charge is 2.34. The molecule has 1 heterocycles. The number of benzene rings is 1. The monoisotopic (exact) mass is 421 g/mol. The van der Waals surface area contributed by atoms with E-state index in [1.165, 1.54) is 12.2 Å². The predicted molar refractivity (Wildman–Crippen MR) is 116 cm³/mol. The van der Waals surface area contributed by atoms with E-state index >= 15 is 0 Å². The Morgan fingerprint density at radius 3 is 2.63 bits per heavy atom. The SMILES string of the molecule is COCCCNc1ccccc1N(OC)C(=O)C1CCCN(C(=O)OC(C)(C)C)C1. The van der Waals surface area contributed by atoms with Gasteiger partial charge in [-0.25, -0.2) is 4.79 Å². The lowest BCUT2D eigenvalue weighted by Gasteiger charge is -2.35. The van der Waals surface area contributed by atoms with E-state index in [2.05, 4.69) is 5.32 Å². The third-order valence-electron chi connectivity index (χ3n) is 4.77. The van der Waals surface area contributed by atoms with E-state index < -0.39 is 5.60 Å². The fourth-order valence-electron chi connectivity index (χ4n) is 3.38. The third-order valence-corrected chi connectivity index (χ3v) is 4.77. The summed E-state index contributed by atoms with van der Waals surface area (Å²) in [6, 6.07) is 7.53. The Morgan fingerprint density at radius 1 is 1.23 bits per heavy atom. The Labute approximate surface area is 179 Å². The molecule has 0 bridgehead atoms. The Morgan fingerprint density at radius 2 is 1.97 bits per heavy atom. The van der Waals surface area contributed by atoms with Crippen molar-refractivity contribution in [3.63, 3.8) is 0 Å². The van der Waals surface area contributed by atoms with E-state index in [4.69, 9.17) is 14.3 Å². The number of piperidine rings is 1. The Bertz CT molecular complexity index is 704. The number of likely N-dealkylation sites (tertiary alicyclic amines) is 1. The second kappa shape index (κ2) is 11.2. The number of hydroxylamine groups is 1. The van der Waals surface area contributed by atoms with Crippen molar-refractivity contribution >= 4 is 23.4 Å². The summed E-state index contributed by atoms with van der Waals surface area (Å²) < 4.78 is 10.6. The second-order valence-corrected chi connectivity index (χ2v) is 8.37. The van der Waals surface area contributed by atoms with Crippen LogP contribution in [-0.2, 0) is 19.1 Å². The summed E-state index contributed by atoms with van der Waals surface area (Å²) in [4.78, 5) is 32.8. The standard InChI is InChI=1S/C22H35N3O5/c1-22(2,3)30-21(27)24-14-8-10-17(16-24)20(26)25(29-5)19-12-7-6-11-18(19)23-13-9-15-28-4/h6-7,11-12,17,23H,8-10,13-16H2,1-5H3. The van der Waals surface area contributed by atoms with E-state index in [1.54, 1.807) is 12.0 Å². The van der Waals surface area contributed by atoms with E-state index in [9.17, 15) is 9.59 Å². The van der Waals surface area contributed by atoms with Crippen LogP contribution in [-0.4, -0.2) is 63.0 Å². The Balaban J connectivity index is 2.09. The van der Waals surface area contributed by atoms with Crippen LogP contribution >= 0.6 is 0 Å². The van der Waals surface area contributed by atoms with Crippen molar-refractivity contribution in [1.82, 2.24) is 4.90 Å². The van der Waals surface area contributed by atoms with Crippen LogP contribution < -0.4 is 10.4 Å². The van der Waals surface area contributed by atoms with Crippen LogP contribution in [0.1, 0.15) is 40.0 Å². The van der Waals surface area contributed by atoms with Gasteiger partial charge in [0.05, 0.1) is 24.4 Å². The molecule has 0 aromatic heterocycles. The van der Waals surface area contributed by atoms with Gasteiger partial charge in [0.1, 0.15) is 5.60 Å². The number of methoxy groups -OCH3 is 1. The Kier molecular flexibility index (Phi) is 8.92. The molecule has 2 amide bonds. The molecule has 1 aliphatic rings. The van der Waals surface area contributed by atoms with Crippen molar-refractivity contribution in [2.24, 2.45) is 5.92 Å². The summed E-state index contributed by atoms with van der Waals surface area (Å²) in [6.07, 6.45) is 1.90.